The molecule has 1 N–H and O–H groups in total. The second-order valence-corrected chi connectivity index (χ2v) is 7.86. The number of amides is 1. The Labute approximate surface area is 170 Å². The van der Waals surface area contributed by atoms with Gasteiger partial charge >= 0.3 is 0 Å². The molecule has 2 saturated heterocycles. The van der Waals surface area contributed by atoms with Gasteiger partial charge in [0.2, 0.25) is 11.9 Å². The number of rotatable bonds is 5. The number of nitrogens with zero attached hydrogens (tertiary/aromatic N) is 3. The molecule has 0 bridgehead atoms. The van der Waals surface area contributed by atoms with Crippen molar-refractivity contribution >= 4 is 23.5 Å². The first-order valence-electron chi connectivity index (χ1n) is 9.91. The number of benzene rings is 1. The van der Waals surface area contributed by atoms with Gasteiger partial charge in [-0.25, -0.2) is 9.97 Å². The molecular weight excluding hydrogens is 376 g/mol. The first kappa shape index (κ1) is 19.2. The summed E-state index contributed by atoms with van der Waals surface area (Å²) in [6.07, 6.45) is 7.64. The Morgan fingerprint density at radius 1 is 1.11 bits per heavy atom. The van der Waals surface area contributed by atoms with E-state index in [2.05, 4.69) is 20.2 Å². The van der Waals surface area contributed by atoms with Crippen LogP contribution in [0.1, 0.15) is 25.7 Å². The Balaban J connectivity index is 1.28. The molecule has 2 fully saturated rings. The number of carbonyl (C=O) groups is 1. The third kappa shape index (κ3) is 4.62. The minimum absolute atomic E-state index is 0.0611. The zero-order valence-electron chi connectivity index (χ0n) is 15.8. The predicted octanol–water partition coefficient (Wildman–Crippen LogP) is 3.31. The van der Waals surface area contributed by atoms with E-state index in [9.17, 15) is 4.79 Å². The van der Waals surface area contributed by atoms with Crippen LogP contribution in [0.5, 0.6) is 0 Å². The lowest BCUT2D eigenvalue weighted by molar-refractivity contribution is -0.126. The van der Waals surface area contributed by atoms with Gasteiger partial charge in [-0.05, 0) is 43.4 Å². The molecule has 7 heteroatoms. The molecule has 3 heterocycles. The highest BCUT2D eigenvalue weighted by molar-refractivity contribution is 6.30. The average Bonchev–Trinajstić information content (AvgIpc) is 3.27. The standard InChI is InChI=1S/C21H25ClN4O2/c22-18-5-3-15(4-6-18)17-12-24-21(25-13-17)26-9-7-16(8-10-26)20(27)23-14-19-2-1-11-28-19/h3-6,12-13,16,19H,1-2,7-11,14H2,(H,23,27). The van der Waals surface area contributed by atoms with Gasteiger partial charge in [0.15, 0.2) is 0 Å². The summed E-state index contributed by atoms with van der Waals surface area (Å²) in [7, 11) is 0. The molecule has 0 spiro atoms. The lowest BCUT2D eigenvalue weighted by atomic mass is 9.96. The van der Waals surface area contributed by atoms with Crippen molar-refractivity contribution in [2.45, 2.75) is 31.8 Å². The molecule has 0 saturated carbocycles. The molecule has 4 rings (SSSR count). The quantitative estimate of drug-likeness (QED) is 0.833. The van der Waals surface area contributed by atoms with Gasteiger partial charge in [-0.2, -0.15) is 0 Å². The van der Waals surface area contributed by atoms with Crippen molar-refractivity contribution in [2.75, 3.05) is 31.1 Å². The molecule has 2 aliphatic rings. The normalized spacial score (nSPS) is 20.3. The van der Waals surface area contributed by atoms with E-state index < -0.39 is 0 Å². The number of anilines is 1. The van der Waals surface area contributed by atoms with Crippen molar-refractivity contribution in [3.63, 3.8) is 0 Å². The average molecular weight is 401 g/mol. The molecule has 2 aromatic rings. The minimum Gasteiger partial charge on any atom is -0.376 e. The van der Waals surface area contributed by atoms with E-state index in [1.165, 1.54) is 0 Å². The van der Waals surface area contributed by atoms with Crippen LogP contribution in [0.2, 0.25) is 5.02 Å². The lowest BCUT2D eigenvalue weighted by Gasteiger charge is -2.31. The van der Waals surface area contributed by atoms with Gasteiger partial charge < -0.3 is 15.0 Å². The Kier molecular flexibility index (Phi) is 6.07. The van der Waals surface area contributed by atoms with E-state index in [1.807, 2.05) is 36.7 Å². The molecule has 2 aliphatic heterocycles. The zero-order chi connectivity index (χ0) is 19.3. The molecule has 1 aromatic carbocycles. The van der Waals surface area contributed by atoms with Crippen LogP contribution in [-0.2, 0) is 9.53 Å². The molecule has 28 heavy (non-hydrogen) atoms. The fraction of sp³-hybridized carbons (Fsp3) is 0.476. The molecular formula is C21H25ClN4O2. The van der Waals surface area contributed by atoms with Crippen molar-refractivity contribution in [3.8, 4) is 11.1 Å². The Bertz CT molecular complexity index is 783. The third-order valence-electron chi connectivity index (χ3n) is 5.49. The number of nitrogens with one attached hydrogen (secondary N) is 1. The lowest BCUT2D eigenvalue weighted by Crippen LogP contribution is -2.42. The van der Waals surface area contributed by atoms with Crippen LogP contribution in [-0.4, -0.2) is 48.2 Å². The number of ether oxygens (including phenoxy) is 1. The van der Waals surface area contributed by atoms with Crippen LogP contribution < -0.4 is 10.2 Å². The van der Waals surface area contributed by atoms with Crippen molar-refractivity contribution in [1.29, 1.82) is 0 Å². The van der Waals surface area contributed by atoms with Crippen LogP contribution >= 0.6 is 11.6 Å². The molecule has 1 aromatic heterocycles. The van der Waals surface area contributed by atoms with Gasteiger partial charge in [0.25, 0.3) is 0 Å². The Morgan fingerprint density at radius 3 is 2.46 bits per heavy atom. The molecule has 1 amide bonds. The maximum atomic E-state index is 12.4. The van der Waals surface area contributed by atoms with Crippen LogP contribution in [0.25, 0.3) is 11.1 Å². The highest BCUT2D eigenvalue weighted by Crippen LogP contribution is 2.24. The third-order valence-corrected chi connectivity index (χ3v) is 5.74. The van der Waals surface area contributed by atoms with Crippen LogP contribution in [0.15, 0.2) is 36.7 Å². The second kappa shape index (κ2) is 8.88. The van der Waals surface area contributed by atoms with Crippen molar-refractivity contribution in [3.05, 3.63) is 41.7 Å². The monoisotopic (exact) mass is 400 g/mol. The number of hydrogen-bond acceptors (Lipinski definition) is 5. The summed E-state index contributed by atoms with van der Waals surface area (Å²) in [6.45, 7) is 3.03. The van der Waals surface area contributed by atoms with Crippen molar-refractivity contribution < 1.29 is 9.53 Å². The smallest absolute Gasteiger partial charge is 0.225 e. The fourth-order valence-electron chi connectivity index (χ4n) is 3.78. The van der Waals surface area contributed by atoms with E-state index in [1.54, 1.807) is 0 Å². The van der Waals surface area contributed by atoms with Gasteiger partial charge in [0, 0.05) is 55.1 Å². The van der Waals surface area contributed by atoms with Crippen LogP contribution in [0, 0.1) is 5.92 Å². The van der Waals surface area contributed by atoms with E-state index in [-0.39, 0.29) is 17.9 Å². The second-order valence-electron chi connectivity index (χ2n) is 7.42. The maximum absolute atomic E-state index is 12.4. The number of halogens is 1. The number of piperidine rings is 1. The largest absolute Gasteiger partial charge is 0.376 e. The topological polar surface area (TPSA) is 67.3 Å². The van der Waals surface area contributed by atoms with Gasteiger partial charge in [-0.3, -0.25) is 4.79 Å². The minimum atomic E-state index is 0.0611. The van der Waals surface area contributed by atoms with Crippen molar-refractivity contribution in [2.24, 2.45) is 5.92 Å². The highest BCUT2D eigenvalue weighted by Gasteiger charge is 2.27. The molecule has 0 radical (unpaired) electrons. The summed E-state index contributed by atoms with van der Waals surface area (Å²) in [4.78, 5) is 23.6. The summed E-state index contributed by atoms with van der Waals surface area (Å²) in [6, 6.07) is 7.64. The van der Waals surface area contributed by atoms with Crippen LogP contribution in [0.4, 0.5) is 5.95 Å². The molecule has 6 nitrogen and oxygen atoms in total. The summed E-state index contributed by atoms with van der Waals surface area (Å²) in [5.41, 5.74) is 2.00. The zero-order valence-corrected chi connectivity index (χ0v) is 16.6. The highest BCUT2D eigenvalue weighted by atomic mass is 35.5. The summed E-state index contributed by atoms with van der Waals surface area (Å²) in [5.74, 6) is 0.927. The maximum Gasteiger partial charge on any atom is 0.225 e. The summed E-state index contributed by atoms with van der Waals surface area (Å²) >= 11 is 5.94. The van der Waals surface area contributed by atoms with Gasteiger partial charge in [-0.15, -0.1) is 0 Å². The van der Waals surface area contributed by atoms with Gasteiger partial charge in [0.1, 0.15) is 0 Å². The first-order valence-corrected chi connectivity index (χ1v) is 10.3. The van der Waals surface area contributed by atoms with E-state index in [4.69, 9.17) is 16.3 Å². The number of aromatic nitrogens is 2. The summed E-state index contributed by atoms with van der Waals surface area (Å²) < 4.78 is 5.57. The Morgan fingerprint density at radius 2 is 1.82 bits per heavy atom. The molecule has 1 unspecified atom stereocenters. The van der Waals surface area contributed by atoms with Gasteiger partial charge in [0.05, 0.1) is 6.10 Å². The molecule has 0 aliphatic carbocycles. The van der Waals surface area contributed by atoms with Gasteiger partial charge in [-0.1, -0.05) is 23.7 Å². The fourth-order valence-corrected chi connectivity index (χ4v) is 3.91. The van der Waals surface area contributed by atoms with Crippen LogP contribution in [0.3, 0.4) is 0 Å². The Hall–Kier alpha value is -2.18. The molecule has 148 valence electrons. The molecule has 1 atom stereocenters. The number of hydrogen-bond donors (Lipinski definition) is 1. The predicted molar refractivity (Wildman–Crippen MR) is 109 cm³/mol. The number of carbonyl (C=O) groups excluding carboxylic acids is 1. The van der Waals surface area contributed by atoms with E-state index in [0.29, 0.717) is 11.6 Å². The summed E-state index contributed by atoms with van der Waals surface area (Å²) in [5, 5.41) is 3.77. The van der Waals surface area contributed by atoms with E-state index >= 15 is 0 Å². The SMILES string of the molecule is O=C(NCC1CCCO1)C1CCN(c2ncc(-c3ccc(Cl)cc3)cn2)CC1. The first-order chi connectivity index (χ1) is 13.7. The van der Waals surface area contributed by atoms with E-state index in [0.717, 1.165) is 62.5 Å². The van der Waals surface area contributed by atoms with Crippen molar-refractivity contribution in [1.82, 2.24) is 15.3 Å².